The van der Waals surface area contributed by atoms with Gasteiger partial charge in [-0.05, 0) is 19.3 Å². The molecule has 0 spiro atoms. The van der Waals surface area contributed by atoms with Crippen molar-refractivity contribution < 1.29 is 0 Å². The summed E-state index contributed by atoms with van der Waals surface area (Å²) < 4.78 is 0. The molecule has 1 fully saturated rings. The molecule has 0 aromatic rings. The van der Waals surface area contributed by atoms with Gasteiger partial charge in [-0.2, -0.15) is 5.26 Å². The largest absolute Gasteiger partial charge is 0.374 e. The summed E-state index contributed by atoms with van der Waals surface area (Å²) in [7, 11) is 0. The fourth-order valence-electron chi connectivity index (χ4n) is 2.16. The Morgan fingerprint density at radius 1 is 1.08 bits per heavy atom. The van der Waals surface area contributed by atoms with Crippen LogP contribution in [0.15, 0.2) is 11.3 Å². The average molecular weight is 162 g/mol. The molecule has 0 aromatic heterocycles. The first-order valence-corrected chi connectivity index (χ1v) is 4.79. The highest BCUT2D eigenvalue weighted by atomic mass is 15.1. The lowest BCUT2D eigenvalue weighted by Crippen LogP contribution is -2.19. The Hall–Kier alpha value is -0.970. The van der Waals surface area contributed by atoms with Crippen molar-refractivity contribution in [1.82, 2.24) is 4.90 Å². The molecule has 0 N–H and O–H groups in total. The van der Waals surface area contributed by atoms with Crippen LogP contribution in [0.5, 0.6) is 0 Å². The van der Waals surface area contributed by atoms with Crippen LogP contribution in [0.4, 0.5) is 0 Å². The first kappa shape index (κ1) is 7.67. The molecule has 64 valence electrons. The molecule has 2 nitrogen and oxygen atoms in total. The van der Waals surface area contributed by atoms with Crippen LogP contribution in [0.1, 0.15) is 32.1 Å². The SMILES string of the molecule is N#CC1=C2CCCCCN2CC1. The molecule has 0 atom stereocenters. The van der Waals surface area contributed by atoms with E-state index in [1.807, 2.05) is 0 Å². The molecule has 0 saturated carbocycles. The minimum Gasteiger partial charge on any atom is -0.374 e. The molecule has 0 amide bonds. The molecule has 12 heavy (non-hydrogen) atoms. The molecule has 2 aliphatic heterocycles. The second-order valence-electron chi connectivity index (χ2n) is 3.58. The van der Waals surface area contributed by atoms with Crippen molar-refractivity contribution in [2.75, 3.05) is 13.1 Å². The maximum Gasteiger partial charge on any atom is 0.0966 e. The van der Waals surface area contributed by atoms with Crippen LogP contribution in [0, 0.1) is 11.3 Å². The van der Waals surface area contributed by atoms with Crippen LogP contribution in [-0.2, 0) is 0 Å². The van der Waals surface area contributed by atoms with Crippen LogP contribution in [0.25, 0.3) is 0 Å². The van der Waals surface area contributed by atoms with Gasteiger partial charge in [0.1, 0.15) is 0 Å². The first-order valence-electron chi connectivity index (χ1n) is 4.79. The van der Waals surface area contributed by atoms with Gasteiger partial charge in [-0.1, -0.05) is 6.42 Å². The van der Waals surface area contributed by atoms with Gasteiger partial charge < -0.3 is 4.90 Å². The van der Waals surface area contributed by atoms with E-state index < -0.39 is 0 Å². The summed E-state index contributed by atoms with van der Waals surface area (Å²) >= 11 is 0. The maximum atomic E-state index is 8.86. The highest BCUT2D eigenvalue weighted by Gasteiger charge is 2.22. The van der Waals surface area contributed by atoms with Crippen molar-refractivity contribution in [2.45, 2.75) is 32.1 Å². The van der Waals surface area contributed by atoms with Gasteiger partial charge >= 0.3 is 0 Å². The zero-order valence-electron chi connectivity index (χ0n) is 7.34. The molecule has 0 unspecified atom stereocenters. The van der Waals surface area contributed by atoms with Crippen LogP contribution >= 0.6 is 0 Å². The lowest BCUT2D eigenvalue weighted by Gasteiger charge is -2.18. The van der Waals surface area contributed by atoms with E-state index in [0.29, 0.717) is 0 Å². The van der Waals surface area contributed by atoms with Gasteiger partial charge in [-0.15, -0.1) is 0 Å². The summed E-state index contributed by atoms with van der Waals surface area (Å²) in [5.41, 5.74) is 2.41. The van der Waals surface area contributed by atoms with Gasteiger partial charge in [0.2, 0.25) is 0 Å². The number of hydrogen-bond acceptors (Lipinski definition) is 2. The number of allylic oxidation sites excluding steroid dienone is 1. The van der Waals surface area contributed by atoms with E-state index >= 15 is 0 Å². The number of hydrogen-bond donors (Lipinski definition) is 0. The Bertz CT molecular complexity index is 247. The third kappa shape index (κ3) is 1.20. The fraction of sp³-hybridized carbons (Fsp3) is 0.700. The second kappa shape index (κ2) is 3.18. The van der Waals surface area contributed by atoms with Crippen molar-refractivity contribution >= 4 is 0 Å². The normalized spacial score (nSPS) is 23.4. The van der Waals surface area contributed by atoms with E-state index in [2.05, 4.69) is 11.0 Å². The molecule has 0 aromatic carbocycles. The maximum absolute atomic E-state index is 8.86. The molecule has 0 radical (unpaired) electrons. The lowest BCUT2D eigenvalue weighted by molar-refractivity contribution is 0.377. The Morgan fingerprint density at radius 3 is 2.83 bits per heavy atom. The van der Waals surface area contributed by atoms with Crippen molar-refractivity contribution in [2.24, 2.45) is 0 Å². The van der Waals surface area contributed by atoms with E-state index in [0.717, 1.165) is 25.0 Å². The molecule has 0 bridgehead atoms. The molecule has 2 heteroatoms. The predicted molar refractivity (Wildman–Crippen MR) is 47.3 cm³/mol. The van der Waals surface area contributed by atoms with Crippen LogP contribution in [0.3, 0.4) is 0 Å². The third-order valence-electron chi connectivity index (χ3n) is 2.84. The van der Waals surface area contributed by atoms with Gasteiger partial charge in [-0.25, -0.2) is 0 Å². The number of fused-ring (bicyclic) bond motifs is 1. The molecule has 2 heterocycles. The summed E-state index contributed by atoms with van der Waals surface area (Å²) in [6, 6.07) is 2.33. The lowest BCUT2D eigenvalue weighted by atomic mass is 10.1. The van der Waals surface area contributed by atoms with E-state index in [1.165, 1.54) is 31.5 Å². The Kier molecular flexibility index (Phi) is 2.03. The minimum absolute atomic E-state index is 0.992. The fourth-order valence-corrected chi connectivity index (χ4v) is 2.16. The summed E-state index contributed by atoms with van der Waals surface area (Å²) in [5, 5.41) is 8.86. The topological polar surface area (TPSA) is 27.0 Å². The highest BCUT2D eigenvalue weighted by Crippen LogP contribution is 2.29. The highest BCUT2D eigenvalue weighted by molar-refractivity contribution is 5.31. The summed E-state index contributed by atoms with van der Waals surface area (Å²) in [6.07, 6.45) is 6.05. The summed E-state index contributed by atoms with van der Waals surface area (Å²) in [4.78, 5) is 2.41. The number of nitriles is 1. The minimum atomic E-state index is 0.992. The molecule has 1 saturated heterocycles. The van der Waals surface area contributed by atoms with E-state index in [9.17, 15) is 0 Å². The van der Waals surface area contributed by atoms with E-state index in [-0.39, 0.29) is 0 Å². The van der Waals surface area contributed by atoms with Crippen LogP contribution < -0.4 is 0 Å². The standard InChI is InChI=1S/C10H14N2/c11-8-9-5-7-12-6-3-1-2-4-10(9)12/h1-7H2. The van der Waals surface area contributed by atoms with Gasteiger partial charge in [0.25, 0.3) is 0 Å². The van der Waals surface area contributed by atoms with Crippen molar-refractivity contribution in [3.63, 3.8) is 0 Å². The molecule has 2 aliphatic rings. The van der Waals surface area contributed by atoms with E-state index in [4.69, 9.17) is 5.26 Å². The number of rotatable bonds is 0. The zero-order valence-corrected chi connectivity index (χ0v) is 7.34. The Labute approximate surface area is 73.5 Å². The molecular formula is C10H14N2. The third-order valence-corrected chi connectivity index (χ3v) is 2.84. The first-order chi connectivity index (χ1) is 5.92. The zero-order chi connectivity index (χ0) is 8.39. The summed E-state index contributed by atoms with van der Waals surface area (Å²) in [6.45, 7) is 2.28. The number of nitrogens with zero attached hydrogens (tertiary/aromatic N) is 2. The van der Waals surface area contributed by atoms with Crippen molar-refractivity contribution in [3.8, 4) is 6.07 Å². The van der Waals surface area contributed by atoms with Gasteiger partial charge in [0, 0.05) is 25.2 Å². The monoisotopic (exact) mass is 162 g/mol. The Morgan fingerprint density at radius 2 is 2.00 bits per heavy atom. The predicted octanol–water partition coefficient (Wildman–Crippen LogP) is 2.04. The van der Waals surface area contributed by atoms with Gasteiger partial charge in [-0.3, -0.25) is 0 Å². The average Bonchev–Trinajstić information content (AvgIpc) is 2.33. The second-order valence-corrected chi connectivity index (χ2v) is 3.58. The van der Waals surface area contributed by atoms with Gasteiger partial charge in [0.05, 0.1) is 11.6 Å². The van der Waals surface area contributed by atoms with Crippen LogP contribution in [0.2, 0.25) is 0 Å². The van der Waals surface area contributed by atoms with Crippen LogP contribution in [-0.4, -0.2) is 18.0 Å². The van der Waals surface area contributed by atoms with E-state index in [1.54, 1.807) is 0 Å². The smallest absolute Gasteiger partial charge is 0.0966 e. The summed E-state index contributed by atoms with van der Waals surface area (Å²) in [5.74, 6) is 0. The molecular weight excluding hydrogens is 148 g/mol. The van der Waals surface area contributed by atoms with Gasteiger partial charge in [0.15, 0.2) is 0 Å². The van der Waals surface area contributed by atoms with Crippen molar-refractivity contribution in [3.05, 3.63) is 11.3 Å². The quantitative estimate of drug-likeness (QED) is 0.545. The Balaban J connectivity index is 2.22. The van der Waals surface area contributed by atoms with Crippen molar-refractivity contribution in [1.29, 1.82) is 5.26 Å². The molecule has 2 rings (SSSR count). The molecule has 0 aliphatic carbocycles.